The Bertz CT molecular complexity index is 528. The van der Waals surface area contributed by atoms with E-state index in [1.165, 1.54) is 0 Å². The van der Waals surface area contributed by atoms with E-state index in [1.807, 2.05) is 52.7 Å². The summed E-state index contributed by atoms with van der Waals surface area (Å²) in [4.78, 5) is 4.19. The van der Waals surface area contributed by atoms with Crippen molar-refractivity contribution in [3.63, 3.8) is 0 Å². The number of nitrogens with two attached hydrogens (primary N) is 1. The lowest BCUT2D eigenvalue weighted by Gasteiger charge is -2.32. The van der Waals surface area contributed by atoms with E-state index in [0.29, 0.717) is 18.3 Å². The SMILES string of the molecule is CCOc1nc(N)ccc1/C=C/B1OC(C)(C)C(C)(C)O1. The molecule has 1 aliphatic heterocycles. The molecule has 2 N–H and O–H groups in total. The van der Waals surface area contributed by atoms with Gasteiger partial charge in [0, 0.05) is 5.56 Å². The summed E-state index contributed by atoms with van der Waals surface area (Å²) in [5, 5.41) is 0. The minimum atomic E-state index is -0.387. The molecule has 0 aliphatic carbocycles. The Balaban J connectivity index is 2.16. The number of aromatic nitrogens is 1. The average molecular weight is 290 g/mol. The molecule has 0 unspecified atom stereocenters. The van der Waals surface area contributed by atoms with Crippen LogP contribution < -0.4 is 10.5 Å². The van der Waals surface area contributed by atoms with E-state index in [9.17, 15) is 0 Å². The van der Waals surface area contributed by atoms with Crippen molar-refractivity contribution in [3.8, 4) is 5.88 Å². The molecule has 0 aromatic carbocycles. The summed E-state index contributed by atoms with van der Waals surface area (Å²) >= 11 is 0. The lowest BCUT2D eigenvalue weighted by molar-refractivity contribution is 0.00578. The summed E-state index contributed by atoms with van der Waals surface area (Å²) in [5.74, 6) is 2.82. The minimum absolute atomic E-state index is 0.343. The van der Waals surface area contributed by atoms with Crippen LogP contribution in [-0.4, -0.2) is 29.9 Å². The van der Waals surface area contributed by atoms with Crippen LogP contribution in [-0.2, 0) is 9.31 Å². The maximum atomic E-state index is 5.91. The second kappa shape index (κ2) is 5.69. The first kappa shape index (κ1) is 15.9. The van der Waals surface area contributed by atoms with Gasteiger partial charge in [-0.1, -0.05) is 12.1 Å². The normalized spacial score (nSPS) is 20.1. The van der Waals surface area contributed by atoms with Gasteiger partial charge in [-0.3, -0.25) is 0 Å². The van der Waals surface area contributed by atoms with Crippen LogP contribution in [0.5, 0.6) is 5.88 Å². The van der Waals surface area contributed by atoms with Gasteiger partial charge in [0.2, 0.25) is 5.88 Å². The summed E-state index contributed by atoms with van der Waals surface area (Å²) in [5.41, 5.74) is 5.84. The van der Waals surface area contributed by atoms with Crippen LogP contribution in [0.1, 0.15) is 40.2 Å². The zero-order valence-electron chi connectivity index (χ0n) is 13.3. The quantitative estimate of drug-likeness (QED) is 0.864. The molecule has 1 fully saturated rings. The van der Waals surface area contributed by atoms with Crippen molar-refractivity contribution in [1.82, 2.24) is 4.98 Å². The Hall–Kier alpha value is -1.53. The molecule has 0 amide bonds. The van der Waals surface area contributed by atoms with Crippen molar-refractivity contribution in [2.45, 2.75) is 45.8 Å². The molecule has 1 aliphatic rings. The largest absolute Gasteiger partial charge is 0.487 e. The van der Waals surface area contributed by atoms with Crippen molar-refractivity contribution in [2.75, 3.05) is 12.3 Å². The van der Waals surface area contributed by atoms with E-state index in [0.717, 1.165) is 5.56 Å². The Morgan fingerprint density at radius 1 is 1.24 bits per heavy atom. The Morgan fingerprint density at radius 2 is 1.86 bits per heavy atom. The third-order valence-corrected chi connectivity index (χ3v) is 3.90. The summed E-state index contributed by atoms with van der Waals surface area (Å²) in [6.07, 6.45) is 1.89. The molecule has 0 atom stereocenters. The lowest BCUT2D eigenvalue weighted by Crippen LogP contribution is -2.41. The third kappa shape index (κ3) is 3.39. The summed E-state index contributed by atoms with van der Waals surface area (Å²) in [6.45, 7) is 10.5. The predicted molar refractivity (Wildman–Crippen MR) is 84.9 cm³/mol. The second-order valence-electron chi connectivity index (χ2n) is 6.05. The van der Waals surface area contributed by atoms with Gasteiger partial charge in [-0.05, 0) is 46.8 Å². The molecular weight excluding hydrogens is 267 g/mol. The molecule has 1 aromatic rings. The highest BCUT2D eigenvalue weighted by atomic mass is 16.7. The topological polar surface area (TPSA) is 66.6 Å². The summed E-state index contributed by atoms with van der Waals surface area (Å²) in [7, 11) is -0.387. The Labute approximate surface area is 126 Å². The number of nitrogen functional groups attached to an aromatic ring is 1. The monoisotopic (exact) mass is 290 g/mol. The second-order valence-corrected chi connectivity index (χ2v) is 6.05. The number of hydrogen-bond donors (Lipinski definition) is 1. The Kier molecular flexibility index (Phi) is 4.30. The number of rotatable bonds is 4. The molecule has 1 aromatic heterocycles. The first-order chi connectivity index (χ1) is 9.75. The molecule has 114 valence electrons. The van der Waals surface area contributed by atoms with Crippen molar-refractivity contribution in [3.05, 3.63) is 23.7 Å². The maximum Gasteiger partial charge on any atom is 0.487 e. The van der Waals surface area contributed by atoms with E-state index in [1.54, 1.807) is 6.07 Å². The van der Waals surface area contributed by atoms with Crippen molar-refractivity contribution >= 4 is 19.0 Å². The zero-order valence-corrected chi connectivity index (χ0v) is 13.3. The molecule has 0 bridgehead atoms. The minimum Gasteiger partial charge on any atom is -0.477 e. The van der Waals surface area contributed by atoms with Gasteiger partial charge in [-0.25, -0.2) is 0 Å². The molecular formula is C15H23BN2O3. The van der Waals surface area contributed by atoms with Crippen molar-refractivity contribution in [2.24, 2.45) is 0 Å². The van der Waals surface area contributed by atoms with Crippen LogP contribution in [0.3, 0.4) is 0 Å². The highest BCUT2D eigenvalue weighted by Gasteiger charge is 2.50. The van der Waals surface area contributed by atoms with Gasteiger partial charge in [-0.2, -0.15) is 4.98 Å². The van der Waals surface area contributed by atoms with Crippen LogP contribution in [0.15, 0.2) is 18.1 Å². The lowest BCUT2D eigenvalue weighted by atomic mass is 9.89. The first-order valence-electron chi connectivity index (χ1n) is 7.18. The van der Waals surface area contributed by atoms with Crippen LogP contribution in [0.2, 0.25) is 0 Å². The first-order valence-corrected chi connectivity index (χ1v) is 7.18. The fourth-order valence-corrected chi connectivity index (χ4v) is 1.99. The summed E-state index contributed by atoms with van der Waals surface area (Å²) in [6, 6.07) is 3.61. The van der Waals surface area contributed by atoms with Gasteiger partial charge < -0.3 is 19.8 Å². The van der Waals surface area contributed by atoms with Gasteiger partial charge >= 0.3 is 7.12 Å². The number of pyridine rings is 1. The van der Waals surface area contributed by atoms with Crippen LogP contribution in [0, 0.1) is 0 Å². The molecule has 6 heteroatoms. The number of anilines is 1. The Morgan fingerprint density at radius 3 is 2.43 bits per heavy atom. The van der Waals surface area contributed by atoms with Crippen molar-refractivity contribution in [1.29, 1.82) is 0 Å². The smallest absolute Gasteiger partial charge is 0.477 e. The van der Waals surface area contributed by atoms with E-state index >= 15 is 0 Å². The van der Waals surface area contributed by atoms with Crippen LogP contribution in [0.4, 0.5) is 5.82 Å². The van der Waals surface area contributed by atoms with Crippen molar-refractivity contribution < 1.29 is 14.0 Å². The zero-order chi connectivity index (χ0) is 15.7. The van der Waals surface area contributed by atoms with E-state index in [4.69, 9.17) is 19.8 Å². The number of hydrogen-bond acceptors (Lipinski definition) is 5. The molecule has 2 rings (SSSR count). The van der Waals surface area contributed by atoms with E-state index in [-0.39, 0.29) is 18.3 Å². The molecule has 21 heavy (non-hydrogen) atoms. The van der Waals surface area contributed by atoms with Gasteiger partial charge in [0.1, 0.15) is 5.82 Å². The summed E-state index contributed by atoms with van der Waals surface area (Å²) < 4.78 is 17.3. The van der Waals surface area contributed by atoms with Gasteiger partial charge in [-0.15, -0.1) is 0 Å². The molecule has 0 saturated carbocycles. The fourth-order valence-electron chi connectivity index (χ4n) is 1.99. The molecule has 1 saturated heterocycles. The standard InChI is InChI=1S/C15H23BN2O3/c1-6-19-13-11(7-8-12(17)18-13)9-10-16-20-14(2,3)15(4,5)21-16/h7-10H,6H2,1-5H3,(H2,17,18)/b10-9+. The number of ether oxygens (including phenoxy) is 1. The van der Waals surface area contributed by atoms with E-state index < -0.39 is 0 Å². The highest BCUT2D eigenvalue weighted by molar-refractivity contribution is 6.52. The molecule has 0 radical (unpaired) electrons. The van der Waals surface area contributed by atoms with Crippen LogP contribution in [0.25, 0.3) is 6.08 Å². The fraction of sp³-hybridized carbons (Fsp3) is 0.533. The maximum absolute atomic E-state index is 5.91. The average Bonchev–Trinajstić information content (AvgIpc) is 2.57. The molecule has 5 nitrogen and oxygen atoms in total. The van der Waals surface area contributed by atoms with Gasteiger partial charge in [0.25, 0.3) is 0 Å². The molecule has 2 heterocycles. The third-order valence-electron chi connectivity index (χ3n) is 3.90. The van der Waals surface area contributed by atoms with Gasteiger partial charge in [0.05, 0.1) is 17.8 Å². The predicted octanol–water partition coefficient (Wildman–Crippen LogP) is 2.71. The molecule has 0 spiro atoms. The van der Waals surface area contributed by atoms with Crippen LogP contribution >= 0.6 is 0 Å². The van der Waals surface area contributed by atoms with E-state index in [2.05, 4.69) is 4.98 Å². The highest BCUT2D eigenvalue weighted by Crippen LogP contribution is 2.37. The van der Waals surface area contributed by atoms with Gasteiger partial charge in [0.15, 0.2) is 0 Å². The number of nitrogens with zero attached hydrogens (tertiary/aromatic N) is 1.